The summed E-state index contributed by atoms with van der Waals surface area (Å²) in [6.45, 7) is 0.363. The molecule has 2 rings (SSSR count). The van der Waals surface area contributed by atoms with Crippen molar-refractivity contribution in [2.24, 2.45) is 0 Å². The number of hydrogen-bond donors (Lipinski definition) is 1. The molecule has 2 amide bonds. The minimum Gasteiger partial charge on any atom is -0.323 e. The minimum absolute atomic E-state index is 0.0393. The number of hydrogen-bond acceptors (Lipinski definition) is 3. The molecule has 1 heterocycles. The second-order valence-corrected chi connectivity index (χ2v) is 6.11. The molecule has 5 nitrogen and oxygen atoms in total. The topological polar surface area (TPSA) is 66.5 Å². The number of carbonyl (C=O) groups excluding carboxylic acids is 1. The summed E-state index contributed by atoms with van der Waals surface area (Å²) in [5.74, 6) is 0. The molecule has 0 aromatic heterocycles. The number of benzene rings is 1. The molecule has 1 aliphatic rings. The largest absolute Gasteiger partial charge is 0.323 e. The maximum atomic E-state index is 11.3. The Labute approximate surface area is 97.4 Å². The monoisotopic (exact) mass is 260 g/mol. The second-order valence-electron chi connectivity index (χ2n) is 3.54. The lowest BCUT2D eigenvalue weighted by atomic mass is 10.1. The molecule has 1 aromatic carbocycles. The molecule has 0 spiro atoms. The Morgan fingerprint density at radius 3 is 2.75 bits per heavy atom. The Morgan fingerprint density at radius 2 is 2.12 bits per heavy atom. The van der Waals surface area contributed by atoms with Gasteiger partial charge < -0.3 is 10.2 Å². The van der Waals surface area contributed by atoms with Gasteiger partial charge in [-0.2, -0.15) is 0 Å². The van der Waals surface area contributed by atoms with E-state index in [1.54, 1.807) is 7.05 Å². The van der Waals surface area contributed by atoms with Gasteiger partial charge in [0, 0.05) is 30.0 Å². The lowest BCUT2D eigenvalue weighted by Gasteiger charge is -2.26. The van der Waals surface area contributed by atoms with Gasteiger partial charge in [0.2, 0.25) is 0 Å². The molecule has 1 N–H and O–H groups in total. The van der Waals surface area contributed by atoms with E-state index in [1.807, 2.05) is 0 Å². The summed E-state index contributed by atoms with van der Waals surface area (Å²) < 4.78 is 22.3. The van der Waals surface area contributed by atoms with Crippen molar-refractivity contribution >= 4 is 31.5 Å². The summed E-state index contributed by atoms with van der Waals surface area (Å²) >= 11 is 0. The summed E-state index contributed by atoms with van der Waals surface area (Å²) in [5.41, 5.74) is 1.34. The highest BCUT2D eigenvalue weighted by molar-refractivity contribution is 8.13. The summed E-state index contributed by atoms with van der Waals surface area (Å²) in [6, 6.07) is 4.16. The Kier molecular flexibility index (Phi) is 2.55. The van der Waals surface area contributed by atoms with Crippen LogP contribution in [0.1, 0.15) is 5.56 Å². The van der Waals surface area contributed by atoms with Crippen molar-refractivity contribution in [3.8, 4) is 0 Å². The fraction of sp³-hybridized carbons (Fsp3) is 0.222. The van der Waals surface area contributed by atoms with Crippen molar-refractivity contribution in [2.75, 3.05) is 12.4 Å². The van der Waals surface area contributed by atoms with Crippen LogP contribution in [0.5, 0.6) is 0 Å². The Morgan fingerprint density at radius 1 is 1.44 bits per heavy atom. The third-order valence-electron chi connectivity index (χ3n) is 2.35. The number of nitrogens with zero attached hydrogens (tertiary/aromatic N) is 1. The zero-order valence-corrected chi connectivity index (χ0v) is 9.97. The molecular formula is C9H9ClN2O3S. The number of fused-ring (bicyclic) bond motifs is 1. The Hall–Kier alpha value is -1.27. The van der Waals surface area contributed by atoms with Crippen LogP contribution in [0, 0.1) is 0 Å². The molecule has 0 saturated carbocycles. The first-order valence-corrected chi connectivity index (χ1v) is 6.78. The number of urea groups is 1. The first-order chi connectivity index (χ1) is 7.38. The van der Waals surface area contributed by atoms with Crippen LogP contribution in [0.4, 0.5) is 10.5 Å². The van der Waals surface area contributed by atoms with Crippen molar-refractivity contribution in [1.82, 2.24) is 4.90 Å². The third kappa shape index (κ3) is 1.98. The van der Waals surface area contributed by atoms with Crippen molar-refractivity contribution in [1.29, 1.82) is 0 Å². The van der Waals surface area contributed by atoms with Gasteiger partial charge in [-0.1, -0.05) is 0 Å². The highest BCUT2D eigenvalue weighted by Gasteiger charge is 2.21. The van der Waals surface area contributed by atoms with Gasteiger partial charge in [0.05, 0.1) is 4.90 Å². The predicted octanol–water partition coefficient (Wildman–Crippen LogP) is 1.59. The fourth-order valence-corrected chi connectivity index (χ4v) is 2.31. The van der Waals surface area contributed by atoms with Crippen LogP contribution in [0.2, 0.25) is 0 Å². The van der Waals surface area contributed by atoms with Gasteiger partial charge in [-0.25, -0.2) is 13.2 Å². The van der Waals surface area contributed by atoms with Crippen LogP contribution >= 0.6 is 10.7 Å². The number of amides is 2. The van der Waals surface area contributed by atoms with Gasteiger partial charge in [-0.3, -0.25) is 0 Å². The molecule has 0 radical (unpaired) electrons. The van der Waals surface area contributed by atoms with Gasteiger partial charge in [0.25, 0.3) is 9.05 Å². The Balaban J connectivity index is 2.48. The lowest BCUT2D eigenvalue weighted by molar-refractivity contribution is 0.218. The zero-order chi connectivity index (χ0) is 11.9. The quantitative estimate of drug-likeness (QED) is 0.780. The van der Waals surface area contributed by atoms with Crippen LogP contribution in [0.25, 0.3) is 0 Å². The van der Waals surface area contributed by atoms with E-state index in [0.29, 0.717) is 12.2 Å². The highest BCUT2D eigenvalue weighted by Crippen LogP contribution is 2.26. The van der Waals surface area contributed by atoms with Crippen molar-refractivity contribution in [2.45, 2.75) is 11.4 Å². The van der Waals surface area contributed by atoms with E-state index in [4.69, 9.17) is 10.7 Å². The number of rotatable bonds is 1. The van der Waals surface area contributed by atoms with Gasteiger partial charge >= 0.3 is 6.03 Å². The van der Waals surface area contributed by atoms with E-state index in [1.165, 1.54) is 23.1 Å². The molecule has 0 aliphatic carbocycles. The molecule has 86 valence electrons. The molecule has 16 heavy (non-hydrogen) atoms. The lowest BCUT2D eigenvalue weighted by Crippen LogP contribution is -2.35. The van der Waals surface area contributed by atoms with Crippen LogP contribution in [0.15, 0.2) is 23.1 Å². The van der Waals surface area contributed by atoms with E-state index in [-0.39, 0.29) is 10.9 Å². The summed E-state index contributed by atoms with van der Waals surface area (Å²) in [5, 5.41) is 2.64. The predicted molar refractivity (Wildman–Crippen MR) is 60.0 cm³/mol. The molecule has 0 atom stereocenters. The van der Waals surface area contributed by atoms with Crippen LogP contribution in [-0.2, 0) is 15.6 Å². The summed E-state index contributed by atoms with van der Waals surface area (Å²) in [6.07, 6.45) is 0. The van der Waals surface area contributed by atoms with Crippen LogP contribution in [0.3, 0.4) is 0 Å². The summed E-state index contributed by atoms with van der Waals surface area (Å²) in [4.78, 5) is 12.8. The molecule has 0 unspecified atom stereocenters. The first kappa shape index (κ1) is 11.2. The Bertz CT molecular complexity index is 556. The fourth-order valence-electron chi connectivity index (χ4n) is 1.51. The van der Waals surface area contributed by atoms with Crippen molar-refractivity contribution in [3.05, 3.63) is 23.8 Å². The second kappa shape index (κ2) is 3.64. The maximum Gasteiger partial charge on any atom is 0.321 e. The molecule has 1 aliphatic heterocycles. The van der Waals surface area contributed by atoms with E-state index in [9.17, 15) is 13.2 Å². The van der Waals surface area contributed by atoms with Crippen LogP contribution in [-0.4, -0.2) is 26.4 Å². The van der Waals surface area contributed by atoms with Gasteiger partial charge in [0.1, 0.15) is 0 Å². The smallest absolute Gasteiger partial charge is 0.321 e. The first-order valence-electron chi connectivity index (χ1n) is 4.47. The molecule has 0 fully saturated rings. The standard InChI is InChI=1S/C9H9ClN2O3S/c1-12-5-6-4-7(16(10,14)15)2-3-8(6)11-9(12)13/h2-4H,5H2,1H3,(H,11,13). The van der Waals surface area contributed by atoms with E-state index in [0.717, 1.165) is 5.56 Å². The van der Waals surface area contributed by atoms with E-state index < -0.39 is 9.05 Å². The molecular weight excluding hydrogens is 252 g/mol. The minimum atomic E-state index is -3.73. The van der Waals surface area contributed by atoms with Gasteiger partial charge in [-0.15, -0.1) is 0 Å². The van der Waals surface area contributed by atoms with Crippen molar-refractivity contribution in [3.63, 3.8) is 0 Å². The summed E-state index contributed by atoms with van der Waals surface area (Å²) in [7, 11) is 3.14. The maximum absolute atomic E-state index is 11.3. The molecule has 1 aromatic rings. The number of anilines is 1. The average Bonchev–Trinajstić information content (AvgIpc) is 2.17. The molecule has 0 saturated heterocycles. The third-order valence-corrected chi connectivity index (χ3v) is 3.71. The van der Waals surface area contributed by atoms with Gasteiger partial charge in [0.15, 0.2) is 0 Å². The normalized spacial score (nSPS) is 15.6. The average molecular weight is 261 g/mol. The van der Waals surface area contributed by atoms with Crippen molar-refractivity contribution < 1.29 is 13.2 Å². The molecule has 7 heteroatoms. The number of nitrogens with one attached hydrogen (secondary N) is 1. The van der Waals surface area contributed by atoms with E-state index >= 15 is 0 Å². The zero-order valence-electron chi connectivity index (χ0n) is 8.40. The van der Waals surface area contributed by atoms with E-state index in [2.05, 4.69) is 5.32 Å². The highest BCUT2D eigenvalue weighted by atomic mass is 35.7. The number of carbonyl (C=O) groups is 1. The van der Waals surface area contributed by atoms with Gasteiger partial charge in [-0.05, 0) is 23.8 Å². The number of halogens is 1. The SMILES string of the molecule is CN1Cc2cc(S(=O)(=O)Cl)ccc2NC1=O. The van der Waals surface area contributed by atoms with Crippen LogP contribution < -0.4 is 5.32 Å². The molecule has 0 bridgehead atoms.